The molecule has 9 heteroatoms. The number of hydrogen-bond donors (Lipinski definition) is 2. The number of piperidine rings is 1. The quantitative estimate of drug-likeness (QED) is 0.560. The minimum Gasteiger partial charge on any atom is -0.384 e. The van der Waals surface area contributed by atoms with Crippen molar-refractivity contribution in [2.45, 2.75) is 24.7 Å². The maximum Gasteiger partial charge on any atom is 0.272 e. The van der Waals surface area contributed by atoms with Gasteiger partial charge in [0.25, 0.3) is 5.69 Å². The number of ether oxygens (including phenoxy) is 1. The van der Waals surface area contributed by atoms with Crippen LogP contribution in [0.3, 0.4) is 0 Å². The normalized spacial score (nSPS) is 17.6. The highest BCUT2D eigenvalue weighted by Gasteiger charge is 2.33. The van der Waals surface area contributed by atoms with Gasteiger partial charge in [-0.1, -0.05) is 0 Å². The summed E-state index contributed by atoms with van der Waals surface area (Å²) >= 11 is 0. The van der Waals surface area contributed by atoms with Crippen LogP contribution in [0.2, 0.25) is 0 Å². The summed E-state index contributed by atoms with van der Waals surface area (Å²) in [7, 11) is -2.12. The monoisotopic (exact) mass is 357 g/mol. The van der Waals surface area contributed by atoms with Crippen LogP contribution in [-0.2, 0) is 14.8 Å². The third-order valence-electron chi connectivity index (χ3n) is 4.43. The van der Waals surface area contributed by atoms with Crippen LogP contribution in [0.1, 0.15) is 18.4 Å². The van der Waals surface area contributed by atoms with Crippen molar-refractivity contribution in [2.75, 3.05) is 33.4 Å². The van der Waals surface area contributed by atoms with Crippen LogP contribution in [-0.4, -0.2) is 46.7 Å². The molecule has 0 spiro atoms. The Labute approximate surface area is 141 Å². The van der Waals surface area contributed by atoms with Crippen LogP contribution in [0.5, 0.6) is 0 Å². The van der Waals surface area contributed by atoms with Crippen molar-refractivity contribution in [3.63, 3.8) is 0 Å². The third kappa shape index (κ3) is 4.29. The molecule has 0 bridgehead atoms. The molecule has 2 N–H and O–H groups in total. The summed E-state index contributed by atoms with van der Waals surface area (Å²) in [5.41, 5.74) is -0.0115. The molecule has 0 amide bonds. The molecular weight excluding hydrogens is 334 g/mol. The van der Waals surface area contributed by atoms with Crippen molar-refractivity contribution in [3.8, 4) is 0 Å². The first kappa shape index (κ1) is 18.8. The molecule has 1 fully saturated rings. The fourth-order valence-corrected chi connectivity index (χ4v) is 4.21. The van der Waals surface area contributed by atoms with Crippen molar-refractivity contribution in [1.29, 1.82) is 0 Å². The zero-order chi connectivity index (χ0) is 17.8. The van der Waals surface area contributed by atoms with Gasteiger partial charge in [-0.05, 0) is 45.0 Å². The van der Waals surface area contributed by atoms with Crippen LogP contribution in [0, 0.1) is 22.5 Å². The molecule has 8 nitrogen and oxygen atoms in total. The van der Waals surface area contributed by atoms with E-state index < -0.39 is 14.9 Å². The summed E-state index contributed by atoms with van der Waals surface area (Å²) in [6, 6.07) is 3.81. The van der Waals surface area contributed by atoms with Crippen molar-refractivity contribution >= 4 is 15.7 Å². The van der Waals surface area contributed by atoms with E-state index in [0.29, 0.717) is 12.2 Å². The molecule has 1 aliphatic rings. The number of nitrogens with zero attached hydrogens (tertiary/aromatic N) is 1. The second-order valence-electron chi connectivity index (χ2n) is 6.21. The zero-order valence-corrected chi connectivity index (χ0v) is 14.7. The molecular formula is C15H23N3O5S. The third-order valence-corrected chi connectivity index (χ3v) is 5.83. The molecule has 134 valence electrons. The standard InChI is InChI=1S/C15H23N3O5S/c1-12-9-13(3-4-14(12)18(19)20)24(21,22)17-10-15(11-23-2)5-7-16-8-6-15/h3-4,9,16-17H,5-8,10-11H2,1-2H3. The molecule has 0 saturated carbocycles. The van der Waals surface area contributed by atoms with Crippen LogP contribution in [0.4, 0.5) is 5.69 Å². The minimum absolute atomic E-state index is 0.0344. The van der Waals surface area contributed by atoms with Gasteiger partial charge in [0.05, 0.1) is 16.4 Å². The molecule has 1 aromatic rings. The minimum atomic E-state index is -3.73. The number of rotatable bonds is 7. The SMILES string of the molecule is COCC1(CNS(=O)(=O)c2ccc([N+](=O)[O-])c(C)c2)CCNCC1. The van der Waals surface area contributed by atoms with Crippen LogP contribution in [0.15, 0.2) is 23.1 Å². The molecule has 24 heavy (non-hydrogen) atoms. The average Bonchev–Trinajstić information content (AvgIpc) is 2.54. The number of nitro groups is 1. The van der Waals surface area contributed by atoms with Gasteiger partial charge in [-0.25, -0.2) is 13.1 Å². The maximum absolute atomic E-state index is 12.5. The lowest BCUT2D eigenvalue weighted by atomic mass is 9.80. The number of methoxy groups -OCH3 is 1. The number of sulfonamides is 1. The molecule has 0 aromatic heterocycles. The lowest BCUT2D eigenvalue weighted by Crippen LogP contribution is -2.47. The first-order valence-corrected chi connectivity index (χ1v) is 9.22. The Bertz CT molecular complexity index is 694. The summed E-state index contributed by atoms with van der Waals surface area (Å²) in [6.07, 6.45) is 1.64. The molecule has 0 atom stereocenters. The van der Waals surface area contributed by atoms with E-state index in [0.717, 1.165) is 25.9 Å². The zero-order valence-electron chi connectivity index (χ0n) is 13.9. The van der Waals surface area contributed by atoms with E-state index in [1.54, 1.807) is 7.11 Å². The second-order valence-corrected chi connectivity index (χ2v) is 7.98. The summed E-state index contributed by atoms with van der Waals surface area (Å²) in [6.45, 7) is 3.93. The average molecular weight is 357 g/mol. The van der Waals surface area contributed by atoms with E-state index in [2.05, 4.69) is 10.0 Å². The van der Waals surface area contributed by atoms with E-state index in [1.165, 1.54) is 25.1 Å². The van der Waals surface area contributed by atoms with Crippen molar-refractivity contribution in [2.24, 2.45) is 5.41 Å². The Kier molecular flexibility index (Phi) is 5.92. The van der Waals surface area contributed by atoms with E-state index in [4.69, 9.17) is 4.74 Å². The van der Waals surface area contributed by atoms with Gasteiger partial charge in [0.15, 0.2) is 0 Å². The summed E-state index contributed by atoms with van der Waals surface area (Å²) in [5, 5.41) is 14.1. The van der Waals surface area contributed by atoms with E-state index in [9.17, 15) is 18.5 Å². The smallest absolute Gasteiger partial charge is 0.272 e. The van der Waals surface area contributed by atoms with Gasteiger partial charge >= 0.3 is 0 Å². The lowest BCUT2D eigenvalue weighted by Gasteiger charge is -2.37. The molecule has 1 saturated heterocycles. The van der Waals surface area contributed by atoms with Gasteiger partial charge in [-0.15, -0.1) is 0 Å². The molecule has 1 aromatic carbocycles. The first-order chi connectivity index (χ1) is 11.3. The largest absolute Gasteiger partial charge is 0.384 e. The van der Waals surface area contributed by atoms with Crippen molar-refractivity contribution < 1.29 is 18.1 Å². The Morgan fingerprint density at radius 1 is 1.38 bits per heavy atom. The number of nitro benzene ring substituents is 1. The second kappa shape index (κ2) is 7.56. The van der Waals surface area contributed by atoms with Crippen molar-refractivity contribution in [1.82, 2.24) is 10.0 Å². The van der Waals surface area contributed by atoms with Crippen molar-refractivity contribution in [3.05, 3.63) is 33.9 Å². The summed E-state index contributed by atoms with van der Waals surface area (Å²) in [5.74, 6) is 0. The molecule has 0 unspecified atom stereocenters. The van der Waals surface area contributed by atoms with Gasteiger partial charge < -0.3 is 10.1 Å². The molecule has 1 aliphatic heterocycles. The number of hydrogen-bond acceptors (Lipinski definition) is 6. The van der Waals surface area contributed by atoms with Gasteiger partial charge in [-0.3, -0.25) is 10.1 Å². The van der Waals surface area contributed by atoms with Crippen LogP contribution < -0.4 is 10.0 Å². The summed E-state index contributed by atoms with van der Waals surface area (Å²) < 4.78 is 33.0. The van der Waals surface area contributed by atoms with Gasteiger partial charge in [0.2, 0.25) is 10.0 Å². The number of aryl methyl sites for hydroxylation is 1. The highest BCUT2D eigenvalue weighted by molar-refractivity contribution is 7.89. The highest BCUT2D eigenvalue weighted by atomic mass is 32.2. The molecule has 0 radical (unpaired) electrons. The Morgan fingerprint density at radius 3 is 2.58 bits per heavy atom. The number of nitrogens with one attached hydrogen (secondary N) is 2. The molecule has 2 rings (SSSR count). The highest BCUT2D eigenvalue weighted by Crippen LogP contribution is 2.29. The topological polar surface area (TPSA) is 111 Å². The lowest BCUT2D eigenvalue weighted by molar-refractivity contribution is -0.385. The Balaban J connectivity index is 2.15. The van der Waals surface area contributed by atoms with E-state index >= 15 is 0 Å². The van der Waals surface area contributed by atoms with Crippen LogP contribution >= 0.6 is 0 Å². The molecule has 0 aliphatic carbocycles. The van der Waals surface area contributed by atoms with Gasteiger partial charge in [0.1, 0.15) is 0 Å². The summed E-state index contributed by atoms with van der Waals surface area (Å²) in [4.78, 5) is 10.4. The predicted octanol–water partition coefficient (Wildman–Crippen LogP) is 1.20. The predicted molar refractivity (Wildman–Crippen MR) is 89.4 cm³/mol. The van der Waals surface area contributed by atoms with Gasteiger partial charge in [-0.2, -0.15) is 0 Å². The number of benzene rings is 1. The van der Waals surface area contributed by atoms with Gasteiger partial charge in [0, 0.05) is 30.7 Å². The Morgan fingerprint density at radius 2 is 2.04 bits per heavy atom. The Hall–Kier alpha value is -1.55. The van der Waals surface area contributed by atoms with Crippen LogP contribution in [0.25, 0.3) is 0 Å². The maximum atomic E-state index is 12.5. The van der Waals surface area contributed by atoms with E-state index in [-0.39, 0.29) is 22.5 Å². The fraction of sp³-hybridized carbons (Fsp3) is 0.600. The first-order valence-electron chi connectivity index (χ1n) is 7.74. The van der Waals surface area contributed by atoms with E-state index in [1.807, 2.05) is 0 Å². The molecule has 1 heterocycles. The fourth-order valence-electron chi connectivity index (χ4n) is 2.97.